The van der Waals surface area contributed by atoms with Gasteiger partial charge in [-0.25, -0.2) is 0 Å². The van der Waals surface area contributed by atoms with Crippen molar-refractivity contribution in [3.8, 4) is 0 Å². The number of tetrazole rings is 1. The van der Waals surface area contributed by atoms with Gasteiger partial charge in [-0.2, -0.15) is 5.21 Å². The Morgan fingerprint density at radius 2 is 2.10 bits per heavy atom. The fourth-order valence-electron chi connectivity index (χ4n) is 2.26. The van der Waals surface area contributed by atoms with Gasteiger partial charge in [0.15, 0.2) is 0 Å². The minimum absolute atomic E-state index is 0.330. The van der Waals surface area contributed by atoms with Crippen LogP contribution in [0.2, 0.25) is 0 Å². The van der Waals surface area contributed by atoms with Crippen molar-refractivity contribution in [2.24, 2.45) is 0 Å². The molecule has 0 saturated heterocycles. The Hall–Kier alpha value is -2.54. The molecule has 21 heavy (non-hydrogen) atoms. The molecule has 1 atom stereocenters. The van der Waals surface area contributed by atoms with E-state index in [9.17, 15) is 5.11 Å². The number of hydrogen-bond donors (Lipinski definition) is 3. The maximum Gasteiger partial charge on any atom is 0.202 e. The average Bonchev–Trinajstić information content (AvgIpc) is 3.18. The molecule has 3 N–H and O–H groups in total. The summed E-state index contributed by atoms with van der Waals surface area (Å²) in [7, 11) is 0. The molecule has 0 amide bonds. The minimum Gasteiger partial charge on any atom is -0.385 e. The largest absolute Gasteiger partial charge is 0.385 e. The summed E-state index contributed by atoms with van der Waals surface area (Å²) < 4.78 is 0. The number of aromatic nitrogens is 6. The predicted octanol–water partition coefficient (Wildman–Crippen LogP) is 1.18. The molecule has 0 radical (unpaired) electrons. The quantitative estimate of drug-likeness (QED) is 0.630. The van der Waals surface area contributed by atoms with Crippen LogP contribution in [-0.4, -0.2) is 35.7 Å². The molecule has 3 aromatic heterocycles. The highest BCUT2D eigenvalue weighted by Gasteiger charge is 2.14. The average molecular weight is 284 g/mol. The normalized spacial score (nSPS) is 12.4. The monoisotopic (exact) mass is 284 g/mol. The smallest absolute Gasteiger partial charge is 0.202 e. The number of aliphatic hydroxyl groups is 1. The number of rotatable bonds is 6. The number of aromatic amines is 2. The predicted molar refractivity (Wildman–Crippen MR) is 75.3 cm³/mol. The summed E-state index contributed by atoms with van der Waals surface area (Å²) in [5.74, 6) is 0.330. The molecule has 1 unspecified atom stereocenters. The first-order chi connectivity index (χ1) is 10.3. The highest BCUT2D eigenvalue weighted by Crippen LogP contribution is 2.19. The Labute approximate surface area is 121 Å². The lowest BCUT2D eigenvalue weighted by Crippen LogP contribution is -2.03. The first-order valence-corrected chi connectivity index (χ1v) is 6.79. The van der Waals surface area contributed by atoms with E-state index in [4.69, 9.17) is 0 Å². The van der Waals surface area contributed by atoms with Crippen LogP contribution in [0.25, 0.3) is 0 Å². The summed E-state index contributed by atoms with van der Waals surface area (Å²) in [6.07, 6.45) is 7.08. The highest BCUT2D eigenvalue weighted by atomic mass is 16.3. The standard InChI is InChI=1S/C14H16N6O/c21-13(14-17-19-20-18-14)5-4-10-8-15-9-11(10)7-12-3-1-2-6-16-12/h1-3,6,8-9,13,15,21H,4-5,7H2,(H,17,18,19,20). The first-order valence-electron chi connectivity index (χ1n) is 6.79. The highest BCUT2D eigenvalue weighted by molar-refractivity contribution is 5.28. The second-order valence-corrected chi connectivity index (χ2v) is 4.83. The lowest BCUT2D eigenvalue weighted by atomic mass is 10.0. The number of aliphatic hydroxyl groups excluding tert-OH is 1. The SMILES string of the molecule is OC(CCc1c[nH]cc1Cc1ccccn1)c1nn[nH]n1. The van der Waals surface area contributed by atoms with Gasteiger partial charge in [-0.1, -0.05) is 11.3 Å². The fraction of sp³-hybridized carbons (Fsp3) is 0.286. The van der Waals surface area contributed by atoms with E-state index in [1.807, 2.05) is 30.6 Å². The lowest BCUT2D eigenvalue weighted by molar-refractivity contribution is 0.158. The Morgan fingerprint density at radius 3 is 2.86 bits per heavy atom. The third-order valence-corrected chi connectivity index (χ3v) is 3.37. The molecule has 108 valence electrons. The zero-order valence-corrected chi connectivity index (χ0v) is 11.4. The Morgan fingerprint density at radius 1 is 1.19 bits per heavy atom. The number of hydrogen-bond acceptors (Lipinski definition) is 5. The number of H-pyrrole nitrogens is 2. The second kappa shape index (κ2) is 6.27. The molecule has 0 aliphatic heterocycles. The Kier molecular flexibility index (Phi) is 4.02. The van der Waals surface area contributed by atoms with E-state index in [-0.39, 0.29) is 0 Å². The van der Waals surface area contributed by atoms with Crippen LogP contribution < -0.4 is 0 Å². The van der Waals surface area contributed by atoms with Gasteiger partial charge in [0.25, 0.3) is 0 Å². The van der Waals surface area contributed by atoms with Gasteiger partial charge in [-0.05, 0) is 36.1 Å². The third kappa shape index (κ3) is 3.32. The van der Waals surface area contributed by atoms with Crippen LogP contribution >= 0.6 is 0 Å². The van der Waals surface area contributed by atoms with Gasteiger partial charge in [0, 0.05) is 30.7 Å². The fourth-order valence-corrected chi connectivity index (χ4v) is 2.26. The summed E-state index contributed by atoms with van der Waals surface area (Å²) in [5, 5.41) is 23.4. The molecule has 0 aliphatic rings. The van der Waals surface area contributed by atoms with Crippen molar-refractivity contribution >= 4 is 0 Å². The lowest BCUT2D eigenvalue weighted by Gasteiger charge is -2.07. The zero-order valence-electron chi connectivity index (χ0n) is 11.4. The van der Waals surface area contributed by atoms with Crippen LogP contribution in [0.3, 0.4) is 0 Å². The van der Waals surface area contributed by atoms with Crippen molar-refractivity contribution in [3.05, 3.63) is 59.4 Å². The maximum absolute atomic E-state index is 9.98. The van der Waals surface area contributed by atoms with Crippen molar-refractivity contribution in [2.45, 2.75) is 25.4 Å². The summed E-state index contributed by atoms with van der Waals surface area (Å²) in [4.78, 5) is 7.45. The number of nitrogens with one attached hydrogen (secondary N) is 2. The molecule has 7 nitrogen and oxygen atoms in total. The molecule has 3 heterocycles. The molecule has 0 saturated carbocycles. The molecule has 0 bridgehead atoms. The number of nitrogens with zero attached hydrogens (tertiary/aromatic N) is 4. The van der Waals surface area contributed by atoms with Crippen molar-refractivity contribution in [1.82, 2.24) is 30.6 Å². The van der Waals surface area contributed by atoms with Crippen LogP contribution in [0.4, 0.5) is 0 Å². The van der Waals surface area contributed by atoms with Gasteiger partial charge in [0.1, 0.15) is 6.10 Å². The van der Waals surface area contributed by atoms with E-state index in [0.717, 1.165) is 18.5 Å². The first kappa shape index (κ1) is 13.4. The maximum atomic E-state index is 9.98. The molecular weight excluding hydrogens is 268 g/mol. The van der Waals surface area contributed by atoms with Gasteiger partial charge in [-0.15, -0.1) is 10.2 Å². The zero-order chi connectivity index (χ0) is 14.5. The molecule has 3 rings (SSSR count). The van der Waals surface area contributed by atoms with Crippen molar-refractivity contribution in [1.29, 1.82) is 0 Å². The van der Waals surface area contributed by atoms with Gasteiger partial charge >= 0.3 is 0 Å². The summed E-state index contributed by atoms with van der Waals surface area (Å²) >= 11 is 0. The summed E-state index contributed by atoms with van der Waals surface area (Å²) in [6, 6.07) is 5.89. The molecule has 0 fully saturated rings. The molecule has 7 heteroatoms. The van der Waals surface area contributed by atoms with Crippen molar-refractivity contribution in [2.75, 3.05) is 0 Å². The van der Waals surface area contributed by atoms with Crippen molar-refractivity contribution in [3.63, 3.8) is 0 Å². The number of aryl methyl sites for hydroxylation is 1. The molecular formula is C14H16N6O. The van der Waals surface area contributed by atoms with E-state index in [1.165, 1.54) is 11.1 Å². The van der Waals surface area contributed by atoms with E-state index < -0.39 is 6.10 Å². The van der Waals surface area contributed by atoms with Gasteiger partial charge in [0.05, 0.1) is 0 Å². The third-order valence-electron chi connectivity index (χ3n) is 3.37. The van der Waals surface area contributed by atoms with Crippen LogP contribution in [0.15, 0.2) is 36.8 Å². The summed E-state index contributed by atoms with van der Waals surface area (Å²) in [5.41, 5.74) is 3.38. The molecule has 0 aromatic carbocycles. The minimum atomic E-state index is -0.707. The molecule has 3 aromatic rings. The molecule has 0 aliphatic carbocycles. The second-order valence-electron chi connectivity index (χ2n) is 4.83. The van der Waals surface area contributed by atoms with Crippen LogP contribution in [-0.2, 0) is 12.8 Å². The topological polar surface area (TPSA) is 103 Å². The number of pyridine rings is 1. The van der Waals surface area contributed by atoms with E-state index in [2.05, 4.69) is 30.6 Å². The van der Waals surface area contributed by atoms with E-state index >= 15 is 0 Å². The van der Waals surface area contributed by atoms with Crippen LogP contribution in [0.5, 0.6) is 0 Å². The Bertz CT molecular complexity index is 664. The van der Waals surface area contributed by atoms with Crippen LogP contribution in [0, 0.1) is 0 Å². The van der Waals surface area contributed by atoms with Crippen LogP contribution in [0.1, 0.15) is 35.2 Å². The summed E-state index contributed by atoms with van der Waals surface area (Å²) in [6.45, 7) is 0. The van der Waals surface area contributed by atoms with Gasteiger partial charge in [0.2, 0.25) is 5.82 Å². The van der Waals surface area contributed by atoms with E-state index in [1.54, 1.807) is 6.20 Å². The van der Waals surface area contributed by atoms with Gasteiger partial charge < -0.3 is 10.1 Å². The van der Waals surface area contributed by atoms with Crippen molar-refractivity contribution < 1.29 is 5.11 Å². The van der Waals surface area contributed by atoms with E-state index in [0.29, 0.717) is 12.2 Å². The molecule has 0 spiro atoms. The van der Waals surface area contributed by atoms with Gasteiger partial charge in [-0.3, -0.25) is 4.98 Å². The Balaban J connectivity index is 1.63.